The number of ether oxygens (including phenoxy) is 2. The van der Waals surface area contributed by atoms with E-state index in [4.69, 9.17) is 9.47 Å². The Labute approximate surface area is 172 Å². The summed E-state index contributed by atoms with van der Waals surface area (Å²) in [5, 5.41) is 2.78. The first-order chi connectivity index (χ1) is 14.0. The number of hydrogen-bond donors (Lipinski definition) is 1. The number of carbonyl (C=O) groups excluding carboxylic acids is 2. The highest BCUT2D eigenvalue weighted by Gasteiger charge is 2.11. The first-order valence-electron chi connectivity index (χ1n) is 9.23. The van der Waals surface area contributed by atoms with Crippen LogP contribution in [0.4, 0.5) is 5.69 Å². The van der Waals surface area contributed by atoms with Crippen LogP contribution < -0.4 is 14.9 Å². The van der Waals surface area contributed by atoms with Gasteiger partial charge in [-0.25, -0.2) is 0 Å². The first kappa shape index (κ1) is 20.8. The second-order valence-electron chi connectivity index (χ2n) is 6.25. The molecule has 0 radical (unpaired) electrons. The van der Waals surface area contributed by atoms with Gasteiger partial charge in [0.15, 0.2) is 4.80 Å². The van der Waals surface area contributed by atoms with Crippen LogP contribution in [0.5, 0.6) is 5.75 Å². The van der Waals surface area contributed by atoms with Crippen LogP contribution in [0.1, 0.15) is 24.2 Å². The lowest BCUT2D eigenvalue weighted by Gasteiger charge is -2.06. The second-order valence-corrected chi connectivity index (χ2v) is 7.25. The number of fused-ring (bicyclic) bond motifs is 1. The molecule has 152 valence electrons. The Morgan fingerprint density at radius 1 is 1.21 bits per heavy atom. The summed E-state index contributed by atoms with van der Waals surface area (Å²) in [4.78, 5) is 29.0. The molecule has 2 amide bonds. The molecule has 8 heteroatoms. The Bertz CT molecular complexity index is 1100. The Hall–Kier alpha value is -2.97. The van der Waals surface area contributed by atoms with E-state index in [0.717, 1.165) is 10.2 Å². The molecule has 3 rings (SSSR count). The van der Waals surface area contributed by atoms with Crippen LogP contribution in [0.2, 0.25) is 0 Å². The summed E-state index contributed by atoms with van der Waals surface area (Å²) in [7, 11) is 1.56. The number of rotatable bonds is 7. The van der Waals surface area contributed by atoms with Crippen molar-refractivity contribution in [1.82, 2.24) is 4.57 Å². The largest absolute Gasteiger partial charge is 0.497 e. The van der Waals surface area contributed by atoms with Gasteiger partial charge in [-0.15, -0.1) is 0 Å². The third-order valence-corrected chi connectivity index (χ3v) is 5.22. The minimum Gasteiger partial charge on any atom is -0.497 e. The van der Waals surface area contributed by atoms with E-state index in [1.807, 2.05) is 29.7 Å². The van der Waals surface area contributed by atoms with Gasteiger partial charge in [0.1, 0.15) is 5.75 Å². The molecule has 2 aromatic carbocycles. The van der Waals surface area contributed by atoms with Crippen LogP contribution in [0, 0.1) is 0 Å². The molecule has 0 unspecified atom stereocenters. The number of carbonyl (C=O) groups is 2. The number of benzene rings is 2. The molecular weight excluding hydrogens is 390 g/mol. The van der Waals surface area contributed by atoms with Gasteiger partial charge in [-0.3, -0.25) is 9.59 Å². The normalized spacial score (nSPS) is 11.6. The number of nitrogens with one attached hydrogen (secondary N) is 1. The average molecular weight is 413 g/mol. The maximum Gasteiger partial charge on any atom is 0.279 e. The van der Waals surface area contributed by atoms with Gasteiger partial charge < -0.3 is 19.4 Å². The Morgan fingerprint density at radius 2 is 2.03 bits per heavy atom. The molecule has 1 aromatic heterocycles. The molecule has 0 aliphatic rings. The van der Waals surface area contributed by atoms with Gasteiger partial charge in [-0.1, -0.05) is 17.4 Å². The van der Waals surface area contributed by atoms with Gasteiger partial charge in [0.05, 0.1) is 23.9 Å². The molecule has 0 aliphatic heterocycles. The van der Waals surface area contributed by atoms with E-state index in [2.05, 4.69) is 10.3 Å². The van der Waals surface area contributed by atoms with Crippen molar-refractivity contribution < 1.29 is 19.1 Å². The van der Waals surface area contributed by atoms with Crippen LogP contribution in [-0.2, 0) is 16.1 Å². The van der Waals surface area contributed by atoms with E-state index in [-0.39, 0.29) is 11.8 Å². The minimum atomic E-state index is -0.345. The van der Waals surface area contributed by atoms with Gasteiger partial charge in [0.25, 0.3) is 5.91 Å². The summed E-state index contributed by atoms with van der Waals surface area (Å²) in [6.07, 6.45) is 0. The maximum absolute atomic E-state index is 12.7. The molecule has 1 heterocycles. The topological polar surface area (TPSA) is 81.9 Å². The first-order valence-corrected chi connectivity index (χ1v) is 10.0. The van der Waals surface area contributed by atoms with Crippen LogP contribution in [0.3, 0.4) is 0 Å². The van der Waals surface area contributed by atoms with E-state index in [1.54, 1.807) is 31.4 Å². The van der Waals surface area contributed by atoms with Gasteiger partial charge >= 0.3 is 0 Å². The highest BCUT2D eigenvalue weighted by molar-refractivity contribution is 7.16. The molecule has 7 nitrogen and oxygen atoms in total. The fourth-order valence-electron chi connectivity index (χ4n) is 2.86. The number of methoxy groups -OCH3 is 1. The molecule has 0 bridgehead atoms. The Morgan fingerprint density at radius 3 is 2.76 bits per heavy atom. The molecule has 29 heavy (non-hydrogen) atoms. The third kappa shape index (κ3) is 5.10. The van der Waals surface area contributed by atoms with E-state index < -0.39 is 0 Å². The number of nitrogens with zero attached hydrogens (tertiary/aromatic N) is 2. The highest BCUT2D eigenvalue weighted by Crippen LogP contribution is 2.22. The van der Waals surface area contributed by atoms with Gasteiger partial charge in [0.2, 0.25) is 5.91 Å². The molecule has 3 aromatic rings. The van der Waals surface area contributed by atoms with Crippen molar-refractivity contribution in [3.05, 3.63) is 52.8 Å². The average Bonchev–Trinajstić information content (AvgIpc) is 3.04. The molecule has 0 saturated heterocycles. The molecule has 0 atom stereocenters. The van der Waals surface area contributed by atoms with Crippen LogP contribution in [-0.4, -0.2) is 36.7 Å². The second kappa shape index (κ2) is 9.49. The van der Waals surface area contributed by atoms with E-state index in [0.29, 0.717) is 41.6 Å². The molecule has 0 fully saturated rings. The summed E-state index contributed by atoms with van der Waals surface area (Å²) < 4.78 is 13.6. The lowest BCUT2D eigenvalue weighted by molar-refractivity contribution is -0.114. The zero-order valence-electron chi connectivity index (χ0n) is 16.6. The van der Waals surface area contributed by atoms with Gasteiger partial charge in [0, 0.05) is 31.3 Å². The molecular formula is C21H23N3O4S. The quantitative estimate of drug-likeness (QED) is 0.602. The molecule has 0 spiro atoms. The monoisotopic (exact) mass is 413 g/mol. The van der Waals surface area contributed by atoms with Gasteiger partial charge in [-0.2, -0.15) is 4.99 Å². The number of thiazole rings is 1. The predicted molar refractivity (Wildman–Crippen MR) is 113 cm³/mol. The summed E-state index contributed by atoms with van der Waals surface area (Å²) in [5.41, 5.74) is 2.09. The fourth-order valence-corrected chi connectivity index (χ4v) is 3.96. The van der Waals surface area contributed by atoms with Crippen molar-refractivity contribution in [3.63, 3.8) is 0 Å². The number of aromatic nitrogens is 1. The number of anilines is 1. The summed E-state index contributed by atoms with van der Waals surface area (Å²) in [6, 6.07) is 12.5. The Balaban J connectivity index is 2.05. The minimum absolute atomic E-state index is 0.136. The highest BCUT2D eigenvalue weighted by atomic mass is 32.1. The summed E-state index contributed by atoms with van der Waals surface area (Å²) in [6.45, 7) is 5.10. The predicted octanol–water partition coefficient (Wildman–Crippen LogP) is 3.45. The number of amides is 2. The van der Waals surface area contributed by atoms with Crippen molar-refractivity contribution >= 4 is 39.1 Å². The van der Waals surface area contributed by atoms with Crippen LogP contribution in [0.15, 0.2) is 47.5 Å². The van der Waals surface area contributed by atoms with Gasteiger partial charge in [-0.05, 0) is 43.3 Å². The molecule has 0 saturated carbocycles. The van der Waals surface area contributed by atoms with Crippen LogP contribution >= 0.6 is 11.3 Å². The summed E-state index contributed by atoms with van der Waals surface area (Å²) >= 11 is 1.39. The fraction of sp³-hybridized carbons (Fsp3) is 0.286. The molecule has 0 aliphatic carbocycles. The summed E-state index contributed by atoms with van der Waals surface area (Å²) in [5.74, 6) is 0.123. The maximum atomic E-state index is 12.7. The van der Waals surface area contributed by atoms with Crippen molar-refractivity contribution in [2.75, 3.05) is 25.6 Å². The standard InChI is InChI=1S/C21H23N3O4S/c1-4-28-11-10-24-18-9-8-16(22-14(2)25)13-19(18)29-21(24)23-20(26)15-6-5-7-17(12-15)27-3/h5-9,12-13H,4,10-11H2,1-3H3,(H,22,25). The zero-order chi connectivity index (χ0) is 20.8. The van der Waals surface area contributed by atoms with Crippen molar-refractivity contribution in [3.8, 4) is 5.75 Å². The smallest absolute Gasteiger partial charge is 0.279 e. The van der Waals surface area contributed by atoms with Crippen molar-refractivity contribution in [2.45, 2.75) is 20.4 Å². The third-order valence-electron chi connectivity index (χ3n) is 4.18. The van der Waals surface area contributed by atoms with E-state index in [9.17, 15) is 9.59 Å². The van der Waals surface area contributed by atoms with Crippen molar-refractivity contribution in [1.29, 1.82) is 0 Å². The van der Waals surface area contributed by atoms with E-state index >= 15 is 0 Å². The molecule has 1 N–H and O–H groups in total. The lowest BCUT2D eigenvalue weighted by atomic mass is 10.2. The number of hydrogen-bond acceptors (Lipinski definition) is 5. The SMILES string of the molecule is CCOCCn1c(=NC(=O)c2cccc(OC)c2)sc2cc(NC(C)=O)ccc21. The van der Waals surface area contributed by atoms with Crippen molar-refractivity contribution in [2.24, 2.45) is 4.99 Å². The van der Waals surface area contributed by atoms with E-state index in [1.165, 1.54) is 18.3 Å². The zero-order valence-corrected chi connectivity index (χ0v) is 17.4. The lowest BCUT2D eigenvalue weighted by Crippen LogP contribution is -2.19. The van der Waals surface area contributed by atoms with Crippen LogP contribution in [0.25, 0.3) is 10.2 Å². The Kier molecular flexibility index (Phi) is 6.79.